The van der Waals surface area contributed by atoms with Crippen molar-refractivity contribution in [2.75, 3.05) is 18.1 Å². The first-order valence-electron chi connectivity index (χ1n) is 6.84. The molecule has 0 radical (unpaired) electrons. The number of carbonyl (C=O) groups is 1. The third-order valence-electron chi connectivity index (χ3n) is 3.92. The van der Waals surface area contributed by atoms with Gasteiger partial charge in [-0.3, -0.25) is 4.79 Å². The lowest BCUT2D eigenvalue weighted by atomic mass is 9.91. The molecule has 5 heteroatoms. The molecular weight excluding hydrogens is 340 g/mol. The monoisotopic (exact) mass is 356 g/mol. The molecule has 1 spiro atoms. The van der Waals surface area contributed by atoms with E-state index in [1.54, 1.807) is 6.07 Å². The fraction of sp³-hybridized carbons (Fsp3) is 0.533. The Morgan fingerprint density at radius 2 is 2.40 bits per heavy atom. The van der Waals surface area contributed by atoms with Crippen LogP contribution in [0.5, 0.6) is 5.75 Å². The van der Waals surface area contributed by atoms with E-state index in [-0.39, 0.29) is 11.7 Å². The number of hydrogen-bond acceptors (Lipinski definition) is 4. The van der Waals surface area contributed by atoms with Crippen LogP contribution in [0.2, 0.25) is 0 Å². The van der Waals surface area contributed by atoms with Crippen molar-refractivity contribution in [3.05, 3.63) is 28.2 Å². The molecule has 2 saturated heterocycles. The van der Waals surface area contributed by atoms with Crippen LogP contribution in [0.1, 0.15) is 29.6 Å². The van der Waals surface area contributed by atoms with E-state index < -0.39 is 0 Å². The molecule has 1 aromatic rings. The van der Waals surface area contributed by atoms with Crippen LogP contribution < -0.4 is 4.74 Å². The first-order valence-corrected chi connectivity index (χ1v) is 8.79. The minimum Gasteiger partial charge on any atom is -0.488 e. The molecule has 0 saturated carbocycles. The second kappa shape index (κ2) is 6.08. The van der Waals surface area contributed by atoms with Crippen molar-refractivity contribution in [2.24, 2.45) is 0 Å². The van der Waals surface area contributed by atoms with Gasteiger partial charge in [0.25, 0.3) is 0 Å². The zero-order chi connectivity index (χ0) is 14.0. The summed E-state index contributed by atoms with van der Waals surface area (Å²) >= 11 is 5.42. The van der Waals surface area contributed by atoms with Crippen LogP contribution in [0.15, 0.2) is 22.7 Å². The van der Waals surface area contributed by atoms with Gasteiger partial charge in [-0.2, -0.15) is 11.8 Å². The van der Waals surface area contributed by atoms with Crippen LogP contribution >= 0.6 is 27.7 Å². The van der Waals surface area contributed by atoms with E-state index in [0.29, 0.717) is 11.3 Å². The Bertz CT molecular complexity index is 500. The SMILES string of the molecule is O=Cc1cccc(Br)c1OC1CCOC2(CCSC2)C1. The summed E-state index contributed by atoms with van der Waals surface area (Å²) in [6.07, 6.45) is 3.88. The first-order chi connectivity index (χ1) is 9.72. The summed E-state index contributed by atoms with van der Waals surface area (Å²) in [4.78, 5) is 11.1. The molecule has 0 aromatic heterocycles. The molecule has 3 nitrogen and oxygen atoms in total. The highest BCUT2D eigenvalue weighted by Gasteiger charge is 2.41. The van der Waals surface area contributed by atoms with Crippen LogP contribution in [0.25, 0.3) is 0 Å². The van der Waals surface area contributed by atoms with Crippen molar-refractivity contribution >= 4 is 34.0 Å². The third-order valence-corrected chi connectivity index (χ3v) is 5.77. The maximum absolute atomic E-state index is 11.1. The van der Waals surface area contributed by atoms with E-state index in [9.17, 15) is 4.79 Å². The standard InChI is InChI=1S/C15H17BrO3S/c16-13-3-1-2-11(9-17)14(13)19-12-4-6-18-15(8-12)5-7-20-10-15/h1-3,9,12H,4-8,10H2. The minimum atomic E-state index is -0.00379. The average molecular weight is 357 g/mol. The third kappa shape index (κ3) is 2.90. The molecule has 1 aromatic carbocycles. The Morgan fingerprint density at radius 1 is 1.50 bits per heavy atom. The topological polar surface area (TPSA) is 35.5 Å². The van der Waals surface area contributed by atoms with Crippen molar-refractivity contribution in [1.82, 2.24) is 0 Å². The molecule has 2 aliphatic rings. The molecule has 2 heterocycles. The van der Waals surface area contributed by atoms with Crippen molar-refractivity contribution in [3.8, 4) is 5.75 Å². The number of para-hydroxylation sites is 1. The van der Waals surface area contributed by atoms with E-state index in [0.717, 1.165) is 42.4 Å². The number of thioether (sulfide) groups is 1. The summed E-state index contributed by atoms with van der Waals surface area (Å²) in [5.41, 5.74) is 0.594. The van der Waals surface area contributed by atoms with Crippen LogP contribution in [0.4, 0.5) is 0 Å². The van der Waals surface area contributed by atoms with Gasteiger partial charge >= 0.3 is 0 Å². The van der Waals surface area contributed by atoms with Crippen LogP contribution in [-0.2, 0) is 4.74 Å². The zero-order valence-electron chi connectivity index (χ0n) is 11.1. The maximum Gasteiger partial charge on any atom is 0.153 e. The number of rotatable bonds is 3. The Balaban J connectivity index is 1.76. The van der Waals surface area contributed by atoms with E-state index in [4.69, 9.17) is 9.47 Å². The Labute approximate surface area is 131 Å². The summed E-state index contributed by atoms with van der Waals surface area (Å²) in [6.45, 7) is 0.742. The molecule has 0 bridgehead atoms. The highest BCUT2D eigenvalue weighted by Crippen LogP contribution is 2.40. The number of ether oxygens (including phenoxy) is 2. The van der Waals surface area contributed by atoms with Gasteiger partial charge in [0.15, 0.2) is 6.29 Å². The largest absolute Gasteiger partial charge is 0.488 e. The molecule has 3 rings (SSSR count). The second-order valence-corrected chi connectivity index (χ2v) is 7.30. The Kier molecular flexibility index (Phi) is 4.38. The summed E-state index contributed by atoms with van der Waals surface area (Å²) in [7, 11) is 0. The van der Waals surface area contributed by atoms with Gasteiger partial charge in [0, 0.05) is 18.6 Å². The van der Waals surface area contributed by atoms with Gasteiger partial charge in [0.2, 0.25) is 0 Å². The predicted octanol–water partition coefficient (Wildman–Crippen LogP) is 3.70. The molecule has 2 unspecified atom stereocenters. The summed E-state index contributed by atoms with van der Waals surface area (Å²) in [6, 6.07) is 5.54. The summed E-state index contributed by atoms with van der Waals surface area (Å²) in [5, 5.41) is 0. The number of halogens is 1. The molecule has 0 amide bonds. The molecule has 2 aliphatic heterocycles. The number of aldehydes is 1. The van der Waals surface area contributed by atoms with Crippen molar-refractivity contribution in [2.45, 2.75) is 31.0 Å². The van der Waals surface area contributed by atoms with Gasteiger partial charge in [-0.1, -0.05) is 6.07 Å². The maximum atomic E-state index is 11.1. The van der Waals surface area contributed by atoms with Gasteiger partial charge in [-0.15, -0.1) is 0 Å². The van der Waals surface area contributed by atoms with Crippen molar-refractivity contribution in [1.29, 1.82) is 0 Å². The van der Waals surface area contributed by atoms with Gasteiger partial charge in [0.1, 0.15) is 11.9 Å². The summed E-state index contributed by atoms with van der Waals surface area (Å²) in [5.74, 6) is 2.89. The average Bonchev–Trinajstić information content (AvgIpc) is 2.89. The smallest absolute Gasteiger partial charge is 0.153 e. The summed E-state index contributed by atoms with van der Waals surface area (Å²) < 4.78 is 13.0. The molecular formula is C15H17BrO3S. The Morgan fingerprint density at radius 3 is 3.15 bits per heavy atom. The zero-order valence-corrected chi connectivity index (χ0v) is 13.5. The van der Waals surface area contributed by atoms with Gasteiger partial charge in [0.05, 0.1) is 22.2 Å². The highest BCUT2D eigenvalue weighted by molar-refractivity contribution is 9.10. The van der Waals surface area contributed by atoms with Crippen LogP contribution in [-0.4, -0.2) is 36.1 Å². The molecule has 108 valence electrons. The minimum absolute atomic E-state index is 0.00379. The lowest BCUT2D eigenvalue weighted by Gasteiger charge is -2.37. The van der Waals surface area contributed by atoms with Crippen LogP contribution in [0.3, 0.4) is 0 Å². The fourth-order valence-corrected chi connectivity index (χ4v) is 4.71. The van der Waals surface area contributed by atoms with E-state index in [1.165, 1.54) is 5.75 Å². The van der Waals surface area contributed by atoms with Gasteiger partial charge in [-0.05, 0) is 40.2 Å². The number of hydrogen-bond donors (Lipinski definition) is 0. The Hall–Kier alpha value is -0.520. The van der Waals surface area contributed by atoms with Gasteiger partial charge < -0.3 is 9.47 Å². The number of carbonyl (C=O) groups excluding carboxylic acids is 1. The quantitative estimate of drug-likeness (QED) is 0.773. The van der Waals surface area contributed by atoms with Crippen LogP contribution in [0, 0.1) is 0 Å². The van der Waals surface area contributed by atoms with E-state index in [1.807, 2.05) is 23.9 Å². The lowest BCUT2D eigenvalue weighted by Crippen LogP contribution is -2.44. The molecule has 0 N–H and O–H groups in total. The predicted molar refractivity (Wildman–Crippen MR) is 83.8 cm³/mol. The number of benzene rings is 1. The van der Waals surface area contributed by atoms with E-state index in [2.05, 4.69) is 15.9 Å². The first kappa shape index (κ1) is 14.4. The molecule has 2 atom stereocenters. The highest BCUT2D eigenvalue weighted by atomic mass is 79.9. The normalized spacial score (nSPS) is 29.6. The lowest BCUT2D eigenvalue weighted by molar-refractivity contribution is -0.0960. The molecule has 2 fully saturated rings. The molecule has 0 aliphatic carbocycles. The van der Waals surface area contributed by atoms with Crippen molar-refractivity contribution in [3.63, 3.8) is 0 Å². The molecule has 20 heavy (non-hydrogen) atoms. The van der Waals surface area contributed by atoms with Crippen molar-refractivity contribution < 1.29 is 14.3 Å². The van der Waals surface area contributed by atoms with Gasteiger partial charge in [-0.25, -0.2) is 0 Å². The second-order valence-electron chi connectivity index (χ2n) is 5.34. The van der Waals surface area contributed by atoms with E-state index >= 15 is 0 Å². The fourth-order valence-electron chi connectivity index (χ4n) is 2.86.